The average molecular weight is 427 g/mol. The van der Waals surface area contributed by atoms with Crippen molar-refractivity contribution >= 4 is 35.0 Å². The van der Waals surface area contributed by atoms with E-state index in [1.54, 1.807) is 18.7 Å². The molecule has 160 valence electrons. The van der Waals surface area contributed by atoms with Crippen molar-refractivity contribution in [2.75, 3.05) is 10.2 Å². The van der Waals surface area contributed by atoms with E-state index in [1.165, 1.54) is 43.1 Å². The van der Waals surface area contributed by atoms with Crippen LogP contribution < -0.4 is 10.2 Å². The molecule has 0 unspecified atom stereocenters. The molecule has 0 spiro atoms. The monoisotopic (exact) mass is 426 g/mol. The van der Waals surface area contributed by atoms with Crippen LogP contribution in [0.2, 0.25) is 0 Å². The number of thioether (sulfide) groups is 1. The first kappa shape index (κ1) is 21.0. The van der Waals surface area contributed by atoms with Crippen molar-refractivity contribution in [1.29, 1.82) is 0 Å². The number of amides is 2. The van der Waals surface area contributed by atoms with Gasteiger partial charge in [-0.3, -0.25) is 14.5 Å². The number of aromatic nitrogens is 2. The van der Waals surface area contributed by atoms with Gasteiger partial charge in [0.2, 0.25) is 11.8 Å². The zero-order valence-corrected chi connectivity index (χ0v) is 19.2. The zero-order chi connectivity index (χ0) is 21.6. The van der Waals surface area contributed by atoms with E-state index in [4.69, 9.17) is 4.98 Å². The smallest absolute Gasteiger partial charge is 0.250 e. The molecule has 1 fully saturated rings. The molecule has 1 aliphatic carbocycles. The first-order chi connectivity index (χ1) is 14.2. The Hall–Kier alpha value is -2.28. The van der Waals surface area contributed by atoms with Crippen LogP contribution in [0.4, 0.5) is 11.4 Å². The number of nitrogens with zero attached hydrogens (tertiary/aromatic N) is 3. The van der Waals surface area contributed by atoms with Crippen LogP contribution in [0.25, 0.3) is 0 Å². The third-order valence-electron chi connectivity index (χ3n) is 6.40. The minimum Gasteiger partial charge on any atom is -0.322 e. The molecule has 2 aliphatic rings. The molecular formula is C23H30N4O2S. The summed E-state index contributed by atoms with van der Waals surface area (Å²) in [5, 5.41) is 3.46. The third-order valence-corrected chi connectivity index (χ3v) is 7.46. The first-order valence-electron chi connectivity index (χ1n) is 10.7. The molecule has 1 aromatic carbocycles. The maximum Gasteiger partial charge on any atom is 0.250 e. The highest BCUT2D eigenvalue weighted by molar-refractivity contribution is 8.00. The molecule has 1 saturated carbocycles. The van der Waals surface area contributed by atoms with Gasteiger partial charge >= 0.3 is 0 Å². The van der Waals surface area contributed by atoms with Crippen molar-refractivity contribution in [2.24, 2.45) is 0 Å². The predicted molar refractivity (Wildman–Crippen MR) is 121 cm³/mol. The highest BCUT2D eigenvalue weighted by Gasteiger charge is 2.45. The van der Waals surface area contributed by atoms with Gasteiger partial charge in [0.05, 0.1) is 22.3 Å². The van der Waals surface area contributed by atoms with Crippen LogP contribution in [-0.2, 0) is 9.59 Å². The van der Waals surface area contributed by atoms with Crippen LogP contribution in [0, 0.1) is 13.8 Å². The van der Waals surface area contributed by atoms with Crippen molar-refractivity contribution in [1.82, 2.24) is 9.55 Å². The largest absolute Gasteiger partial charge is 0.322 e. The molecule has 1 atom stereocenters. The number of para-hydroxylation sites is 2. The standard InChI is InChI=1S/C23H30N4O2S/c1-14-15(2)26(17-10-6-7-11-17)22(24-14)30-16(3)20(28)27-19-13-9-8-12-18(19)25-21(29)23(27,4)5/h8-9,12-13,16-17H,6-7,10-11H2,1-5H3,(H,25,29)/t16-/m1/s1. The fourth-order valence-corrected chi connectivity index (χ4v) is 5.62. The molecule has 2 aromatic rings. The van der Waals surface area contributed by atoms with Crippen LogP contribution >= 0.6 is 11.8 Å². The molecule has 0 bridgehead atoms. The van der Waals surface area contributed by atoms with E-state index in [0.717, 1.165) is 16.5 Å². The lowest BCUT2D eigenvalue weighted by molar-refractivity contribution is -0.126. The van der Waals surface area contributed by atoms with E-state index < -0.39 is 5.54 Å². The Balaban J connectivity index is 1.65. The minimum atomic E-state index is -0.965. The Bertz CT molecular complexity index is 991. The summed E-state index contributed by atoms with van der Waals surface area (Å²) < 4.78 is 2.33. The van der Waals surface area contributed by atoms with Gasteiger partial charge in [0.15, 0.2) is 5.16 Å². The van der Waals surface area contributed by atoms with Gasteiger partial charge in [-0.05, 0) is 59.6 Å². The van der Waals surface area contributed by atoms with E-state index in [1.807, 2.05) is 38.1 Å². The lowest BCUT2D eigenvalue weighted by Gasteiger charge is -2.43. The SMILES string of the molecule is Cc1nc(S[C@H](C)C(=O)N2c3ccccc3NC(=O)C2(C)C)n(C2CCCC2)c1C. The Kier molecular flexibility index (Phi) is 5.43. The normalized spacial score (nSPS) is 19.5. The van der Waals surface area contributed by atoms with Gasteiger partial charge in [-0.25, -0.2) is 4.98 Å². The molecule has 2 heterocycles. The molecule has 1 aromatic heterocycles. The number of carbonyl (C=O) groups is 2. The van der Waals surface area contributed by atoms with Crippen LogP contribution in [0.5, 0.6) is 0 Å². The van der Waals surface area contributed by atoms with Crippen molar-refractivity contribution in [2.45, 2.75) is 82.3 Å². The number of hydrogen-bond donors (Lipinski definition) is 1. The molecule has 2 amide bonds. The summed E-state index contributed by atoms with van der Waals surface area (Å²) in [5.74, 6) is -0.255. The topological polar surface area (TPSA) is 67.2 Å². The number of imidazole rings is 1. The second-order valence-electron chi connectivity index (χ2n) is 8.84. The summed E-state index contributed by atoms with van der Waals surface area (Å²) in [6.07, 6.45) is 4.82. The molecule has 4 rings (SSSR count). The molecule has 0 saturated heterocycles. The fraction of sp³-hybridized carbons (Fsp3) is 0.522. The van der Waals surface area contributed by atoms with E-state index in [2.05, 4.69) is 16.8 Å². The quantitative estimate of drug-likeness (QED) is 0.709. The van der Waals surface area contributed by atoms with Crippen molar-refractivity contribution in [3.63, 3.8) is 0 Å². The molecule has 1 aliphatic heterocycles. The first-order valence-corrected chi connectivity index (χ1v) is 11.6. The number of hydrogen-bond acceptors (Lipinski definition) is 4. The van der Waals surface area contributed by atoms with Gasteiger partial charge in [-0.15, -0.1) is 0 Å². The van der Waals surface area contributed by atoms with E-state index in [0.29, 0.717) is 11.7 Å². The van der Waals surface area contributed by atoms with Gasteiger partial charge in [0.1, 0.15) is 5.54 Å². The van der Waals surface area contributed by atoms with E-state index >= 15 is 0 Å². The molecule has 1 N–H and O–H groups in total. The lowest BCUT2D eigenvalue weighted by atomic mass is 9.96. The van der Waals surface area contributed by atoms with Crippen LogP contribution in [0.3, 0.4) is 0 Å². The molecule has 7 heteroatoms. The van der Waals surface area contributed by atoms with Crippen molar-refractivity contribution in [3.8, 4) is 0 Å². The number of anilines is 2. The zero-order valence-electron chi connectivity index (χ0n) is 18.4. The van der Waals surface area contributed by atoms with Crippen LogP contribution in [0.15, 0.2) is 29.4 Å². The third kappa shape index (κ3) is 3.43. The summed E-state index contributed by atoms with van der Waals surface area (Å²) in [6.45, 7) is 9.65. The van der Waals surface area contributed by atoms with Gasteiger partial charge in [-0.1, -0.05) is 36.7 Å². The highest BCUT2D eigenvalue weighted by atomic mass is 32.2. The number of benzene rings is 1. The van der Waals surface area contributed by atoms with Gasteiger partial charge in [0, 0.05) is 11.7 Å². The Morgan fingerprint density at radius 3 is 2.60 bits per heavy atom. The summed E-state index contributed by atoms with van der Waals surface area (Å²) in [7, 11) is 0. The summed E-state index contributed by atoms with van der Waals surface area (Å²) >= 11 is 1.50. The molecule has 6 nitrogen and oxygen atoms in total. The van der Waals surface area contributed by atoms with Crippen molar-refractivity contribution in [3.05, 3.63) is 35.7 Å². The minimum absolute atomic E-state index is 0.0800. The second kappa shape index (κ2) is 7.76. The maximum atomic E-state index is 13.6. The predicted octanol–water partition coefficient (Wildman–Crippen LogP) is 4.86. The fourth-order valence-electron chi connectivity index (χ4n) is 4.51. The number of carbonyl (C=O) groups excluding carboxylic acids is 2. The van der Waals surface area contributed by atoms with Crippen LogP contribution in [-0.4, -0.2) is 32.2 Å². The van der Waals surface area contributed by atoms with Gasteiger partial charge in [-0.2, -0.15) is 0 Å². The number of fused-ring (bicyclic) bond motifs is 1. The van der Waals surface area contributed by atoms with Gasteiger partial charge < -0.3 is 9.88 Å². The van der Waals surface area contributed by atoms with Crippen molar-refractivity contribution < 1.29 is 9.59 Å². The Morgan fingerprint density at radius 1 is 1.23 bits per heavy atom. The van der Waals surface area contributed by atoms with E-state index in [-0.39, 0.29) is 17.1 Å². The molecule has 30 heavy (non-hydrogen) atoms. The maximum absolute atomic E-state index is 13.6. The number of rotatable bonds is 4. The summed E-state index contributed by atoms with van der Waals surface area (Å²) in [5.41, 5.74) is 2.66. The Morgan fingerprint density at radius 2 is 1.90 bits per heavy atom. The van der Waals surface area contributed by atoms with E-state index in [9.17, 15) is 9.59 Å². The molecular weight excluding hydrogens is 396 g/mol. The summed E-state index contributed by atoms with van der Waals surface area (Å²) in [6, 6.07) is 7.94. The van der Waals surface area contributed by atoms with Crippen LogP contribution in [0.1, 0.15) is 63.9 Å². The average Bonchev–Trinajstić information content (AvgIpc) is 3.30. The number of aryl methyl sites for hydroxylation is 1. The highest BCUT2D eigenvalue weighted by Crippen LogP contribution is 2.40. The second-order valence-corrected chi connectivity index (χ2v) is 10.1. The molecule has 0 radical (unpaired) electrons. The Labute approximate surface area is 182 Å². The summed E-state index contributed by atoms with van der Waals surface area (Å²) in [4.78, 5) is 32.8. The van der Waals surface area contributed by atoms with Gasteiger partial charge in [0.25, 0.3) is 0 Å². The number of nitrogens with one attached hydrogen (secondary N) is 1. The lowest BCUT2D eigenvalue weighted by Crippen LogP contribution is -2.60.